The molecule has 0 radical (unpaired) electrons. The van der Waals surface area contributed by atoms with E-state index in [1.54, 1.807) is 30.3 Å². The molecule has 0 aliphatic rings. The molecule has 0 unspecified atom stereocenters. The van der Waals surface area contributed by atoms with Crippen molar-refractivity contribution in [2.24, 2.45) is 0 Å². The summed E-state index contributed by atoms with van der Waals surface area (Å²) in [6.07, 6.45) is 0. The lowest BCUT2D eigenvalue weighted by Crippen LogP contribution is -2.24. The molecule has 120 valence electrons. The molecule has 6 heteroatoms. The van der Waals surface area contributed by atoms with Gasteiger partial charge in [-0.15, -0.1) is 11.8 Å². The van der Waals surface area contributed by atoms with Crippen LogP contribution in [0.3, 0.4) is 0 Å². The van der Waals surface area contributed by atoms with E-state index in [4.69, 9.17) is 16.3 Å². The molecule has 1 amide bonds. The molecule has 4 nitrogen and oxygen atoms in total. The van der Waals surface area contributed by atoms with Gasteiger partial charge >= 0.3 is 5.97 Å². The third kappa shape index (κ3) is 5.30. The molecule has 2 rings (SSSR count). The number of nitrogens with one attached hydrogen (secondary N) is 1. The Kier molecular flexibility index (Phi) is 6.50. The predicted molar refractivity (Wildman–Crippen MR) is 91.8 cm³/mol. The lowest BCUT2D eigenvalue weighted by atomic mass is 10.2. The molecule has 2 aromatic rings. The highest BCUT2D eigenvalue weighted by molar-refractivity contribution is 8.00. The monoisotopic (exact) mass is 349 g/mol. The van der Waals surface area contributed by atoms with E-state index in [2.05, 4.69) is 5.32 Å². The Morgan fingerprint density at radius 1 is 1.13 bits per heavy atom. The third-order valence-electron chi connectivity index (χ3n) is 3.05. The van der Waals surface area contributed by atoms with Gasteiger partial charge in [-0.05, 0) is 29.8 Å². The quantitative estimate of drug-likeness (QED) is 0.640. The number of carbonyl (C=O) groups is 2. The Labute approximate surface area is 144 Å². The van der Waals surface area contributed by atoms with Crippen molar-refractivity contribution in [2.45, 2.75) is 11.4 Å². The summed E-state index contributed by atoms with van der Waals surface area (Å²) in [7, 11) is 1.34. The second-order valence-corrected chi connectivity index (χ2v) is 6.13. The third-order valence-corrected chi connectivity index (χ3v) is 4.38. The molecular formula is C17H16ClNO3S. The van der Waals surface area contributed by atoms with Gasteiger partial charge in [0.15, 0.2) is 0 Å². The van der Waals surface area contributed by atoms with Crippen LogP contribution in [-0.2, 0) is 16.1 Å². The number of halogens is 1. The second kappa shape index (κ2) is 8.60. The van der Waals surface area contributed by atoms with Crippen LogP contribution in [0.5, 0.6) is 0 Å². The highest BCUT2D eigenvalue weighted by atomic mass is 35.5. The van der Waals surface area contributed by atoms with Crippen LogP contribution in [-0.4, -0.2) is 24.7 Å². The molecule has 0 spiro atoms. The van der Waals surface area contributed by atoms with Gasteiger partial charge in [0.1, 0.15) is 0 Å². The average molecular weight is 350 g/mol. The molecule has 0 fully saturated rings. The first kappa shape index (κ1) is 17.4. The van der Waals surface area contributed by atoms with E-state index in [1.807, 2.05) is 18.2 Å². The van der Waals surface area contributed by atoms with E-state index in [-0.39, 0.29) is 11.7 Å². The molecule has 0 atom stereocenters. The molecule has 0 saturated heterocycles. The van der Waals surface area contributed by atoms with Crippen molar-refractivity contribution >= 4 is 35.2 Å². The van der Waals surface area contributed by atoms with Crippen molar-refractivity contribution in [2.75, 3.05) is 12.9 Å². The van der Waals surface area contributed by atoms with Crippen LogP contribution < -0.4 is 5.32 Å². The van der Waals surface area contributed by atoms with E-state index < -0.39 is 5.97 Å². The lowest BCUT2D eigenvalue weighted by Gasteiger charge is -2.08. The zero-order valence-electron chi connectivity index (χ0n) is 12.5. The number of hydrogen-bond acceptors (Lipinski definition) is 4. The Morgan fingerprint density at radius 2 is 1.83 bits per heavy atom. The smallest absolute Gasteiger partial charge is 0.338 e. The Morgan fingerprint density at radius 3 is 2.52 bits per heavy atom. The predicted octanol–water partition coefficient (Wildman–Crippen LogP) is 3.54. The van der Waals surface area contributed by atoms with Crippen LogP contribution in [0.4, 0.5) is 0 Å². The largest absolute Gasteiger partial charge is 0.465 e. The number of thioether (sulfide) groups is 1. The Balaban J connectivity index is 1.87. The average Bonchev–Trinajstić information content (AvgIpc) is 2.59. The van der Waals surface area contributed by atoms with Gasteiger partial charge in [-0.2, -0.15) is 0 Å². The maximum atomic E-state index is 11.9. The van der Waals surface area contributed by atoms with Gasteiger partial charge in [0.05, 0.1) is 18.4 Å². The second-order valence-electron chi connectivity index (χ2n) is 4.68. The number of benzene rings is 2. The van der Waals surface area contributed by atoms with Gasteiger partial charge < -0.3 is 10.1 Å². The standard InChI is InChI=1S/C17H16ClNO3S/c1-22-17(21)14-4-2-3-5-15(14)23-11-16(20)19-10-12-6-8-13(18)9-7-12/h2-9H,10-11H2,1H3,(H,19,20). The maximum absolute atomic E-state index is 11.9. The highest BCUT2D eigenvalue weighted by Gasteiger charge is 2.12. The van der Waals surface area contributed by atoms with Crippen molar-refractivity contribution in [1.82, 2.24) is 5.32 Å². The van der Waals surface area contributed by atoms with Gasteiger partial charge in [-0.25, -0.2) is 4.79 Å². The number of methoxy groups -OCH3 is 1. The fraction of sp³-hybridized carbons (Fsp3) is 0.176. The summed E-state index contributed by atoms with van der Waals surface area (Å²) in [6, 6.07) is 14.3. The molecule has 0 saturated carbocycles. The van der Waals surface area contributed by atoms with Crippen molar-refractivity contribution < 1.29 is 14.3 Å². The van der Waals surface area contributed by atoms with E-state index in [1.165, 1.54) is 18.9 Å². The molecule has 2 aromatic carbocycles. The van der Waals surface area contributed by atoms with Crippen molar-refractivity contribution in [3.63, 3.8) is 0 Å². The van der Waals surface area contributed by atoms with Gasteiger partial charge in [0.25, 0.3) is 0 Å². The molecule has 0 aliphatic carbocycles. The minimum Gasteiger partial charge on any atom is -0.465 e. The van der Waals surface area contributed by atoms with Crippen molar-refractivity contribution in [1.29, 1.82) is 0 Å². The fourth-order valence-corrected chi connectivity index (χ4v) is 2.86. The summed E-state index contributed by atoms with van der Waals surface area (Å²) in [4.78, 5) is 24.3. The van der Waals surface area contributed by atoms with E-state index >= 15 is 0 Å². The molecule has 0 aliphatic heterocycles. The van der Waals surface area contributed by atoms with E-state index in [0.29, 0.717) is 17.1 Å². The number of hydrogen-bond donors (Lipinski definition) is 1. The zero-order valence-corrected chi connectivity index (χ0v) is 14.1. The van der Waals surface area contributed by atoms with Crippen LogP contribution >= 0.6 is 23.4 Å². The first-order valence-corrected chi connectivity index (χ1v) is 8.28. The van der Waals surface area contributed by atoms with Crippen LogP contribution in [0.2, 0.25) is 5.02 Å². The Hall–Kier alpha value is -1.98. The SMILES string of the molecule is COC(=O)c1ccccc1SCC(=O)NCc1ccc(Cl)cc1. The van der Waals surface area contributed by atoms with Gasteiger partial charge in [-0.1, -0.05) is 35.9 Å². The normalized spacial score (nSPS) is 10.2. The number of ether oxygens (including phenoxy) is 1. The first-order valence-electron chi connectivity index (χ1n) is 6.91. The summed E-state index contributed by atoms with van der Waals surface area (Å²) in [5.74, 6) is -0.291. The minimum absolute atomic E-state index is 0.107. The van der Waals surface area contributed by atoms with Crippen LogP contribution in [0.1, 0.15) is 15.9 Å². The Bertz CT molecular complexity index is 688. The molecule has 23 heavy (non-hydrogen) atoms. The summed E-state index contributed by atoms with van der Waals surface area (Å²) in [5.41, 5.74) is 1.44. The van der Waals surface area contributed by atoms with Gasteiger partial charge in [0, 0.05) is 16.5 Å². The van der Waals surface area contributed by atoms with Gasteiger partial charge in [0.2, 0.25) is 5.91 Å². The summed E-state index contributed by atoms with van der Waals surface area (Å²) >= 11 is 7.12. The molecule has 0 aromatic heterocycles. The number of carbonyl (C=O) groups excluding carboxylic acids is 2. The maximum Gasteiger partial charge on any atom is 0.338 e. The lowest BCUT2D eigenvalue weighted by molar-refractivity contribution is -0.118. The fourth-order valence-electron chi connectivity index (χ4n) is 1.87. The van der Waals surface area contributed by atoms with E-state index in [0.717, 1.165) is 10.5 Å². The summed E-state index contributed by atoms with van der Waals surface area (Å²) in [5, 5.41) is 3.49. The molecule has 0 heterocycles. The summed E-state index contributed by atoms with van der Waals surface area (Å²) < 4.78 is 4.74. The van der Waals surface area contributed by atoms with Crippen LogP contribution in [0, 0.1) is 0 Å². The first-order chi connectivity index (χ1) is 11.1. The highest BCUT2D eigenvalue weighted by Crippen LogP contribution is 2.23. The van der Waals surface area contributed by atoms with Crippen molar-refractivity contribution in [3.05, 3.63) is 64.7 Å². The van der Waals surface area contributed by atoms with Crippen LogP contribution in [0.15, 0.2) is 53.4 Å². The van der Waals surface area contributed by atoms with Gasteiger partial charge in [-0.3, -0.25) is 4.79 Å². The summed E-state index contributed by atoms with van der Waals surface area (Å²) in [6.45, 7) is 0.440. The number of esters is 1. The van der Waals surface area contributed by atoms with Crippen molar-refractivity contribution in [3.8, 4) is 0 Å². The molecule has 0 bridgehead atoms. The topological polar surface area (TPSA) is 55.4 Å². The number of rotatable bonds is 6. The molecular weight excluding hydrogens is 334 g/mol. The zero-order chi connectivity index (χ0) is 16.7. The minimum atomic E-state index is -0.408. The van der Waals surface area contributed by atoms with Crippen LogP contribution in [0.25, 0.3) is 0 Å². The number of amides is 1. The molecule has 1 N–H and O–H groups in total. The van der Waals surface area contributed by atoms with E-state index in [9.17, 15) is 9.59 Å².